The molecule has 2 rings (SSSR count). The lowest BCUT2D eigenvalue weighted by atomic mass is 10.1. The van der Waals surface area contributed by atoms with E-state index in [-0.39, 0.29) is 0 Å². The molecule has 0 bridgehead atoms. The van der Waals surface area contributed by atoms with E-state index in [1.165, 1.54) is 11.1 Å². The van der Waals surface area contributed by atoms with Crippen molar-refractivity contribution in [2.24, 2.45) is 4.99 Å². The molecule has 2 N–H and O–H groups in total. The van der Waals surface area contributed by atoms with E-state index in [4.69, 9.17) is 4.74 Å². The van der Waals surface area contributed by atoms with Gasteiger partial charge in [-0.25, -0.2) is 0 Å². The van der Waals surface area contributed by atoms with Gasteiger partial charge in [0.1, 0.15) is 5.75 Å². The minimum absolute atomic E-state index is 0.670. The maximum absolute atomic E-state index is 5.68. The van der Waals surface area contributed by atoms with E-state index in [0.717, 1.165) is 44.2 Å². The van der Waals surface area contributed by atoms with Gasteiger partial charge in [0, 0.05) is 38.4 Å². The Morgan fingerprint density at radius 2 is 2.00 bits per heavy atom. The second kappa shape index (κ2) is 11.1. The number of hydrogen-bond acceptors (Lipinski definition) is 3. The number of pyridine rings is 1. The summed E-state index contributed by atoms with van der Waals surface area (Å²) in [6.07, 6.45) is 5.58. The quantitative estimate of drug-likeness (QED) is 0.419. The Labute approximate surface area is 150 Å². The number of hydrogen-bond donors (Lipinski definition) is 2. The number of para-hydroxylation sites is 1. The summed E-state index contributed by atoms with van der Waals surface area (Å²) in [4.78, 5) is 8.73. The number of aryl methyl sites for hydroxylation is 1. The van der Waals surface area contributed by atoms with Crippen LogP contribution in [0.1, 0.15) is 24.5 Å². The van der Waals surface area contributed by atoms with Gasteiger partial charge in [0.25, 0.3) is 0 Å². The van der Waals surface area contributed by atoms with E-state index in [1.807, 2.05) is 42.7 Å². The normalized spacial score (nSPS) is 11.2. The van der Waals surface area contributed by atoms with Crippen LogP contribution >= 0.6 is 0 Å². The average Bonchev–Trinajstić information content (AvgIpc) is 2.64. The highest BCUT2D eigenvalue weighted by Crippen LogP contribution is 2.08. The highest BCUT2D eigenvalue weighted by molar-refractivity contribution is 5.79. The predicted octanol–water partition coefficient (Wildman–Crippen LogP) is 2.96. The molecule has 0 atom stereocenters. The molecule has 0 aliphatic rings. The second-order valence-electron chi connectivity index (χ2n) is 5.75. The van der Waals surface area contributed by atoms with Gasteiger partial charge in [-0.3, -0.25) is 9.98 Å². The molecule has 0 radical (unpaired) electrons. The largest absolute Gasteiger partial charge is 0.494 e. The van der Waals surface area contributed by atoms with Crippen LogP contribution in [0, 0.1) is 6.92 Å². The van der Waals surface area contributed by atoms with E-state index in [1.54, 1.807) is 0 Å². The Morgan fingerprint density at radius 1 is 1.16 bits per heavy atom. The third-order valence-electron chi connectivity index (χ3n) is 3.75. The minimum Gasteiger partial charge on any atom is -0.494 e. The molecule has 0 amide bonds. The summed E-state index contributed by atoms with van der Waals surface area (Å²) in [7, 11) is 0. The number of nitrogens with one attached hydrogen (secondary N) is 2. The molecule has 0 fully saturated rings. The van der Waals surface area contributed by atoms with Gasteiger partial charge in [-0.15, -0.1) is 0 Å². The molecule has 2 aromatic rings. The van der Waals surface area contributed by atoms with Crippen molar-refractivity contribution < 1.29 is 4.74 Å². The summed E-state index contributed by atoms with van der Waals surface area (Å²) in [5.74, 6) is 1.76. The molecule has 1 heterocycles. The Morgan fingerprint density at radius 3 is 2.76 bits per heavy atom. The molecule has 0 saturated heterocycles. The maximum Gasteiger partial charge on any atom is 0.191 e. The first-order valence-electron chi connectivity index (χ1n) is 8.89. The standard InChI is InChI=1S/C20H28N4O/c1-3-22-20(24-14-11-18-10-13-21-16-17(18)2)23-12-7-15-25-19-8-5-4-6-9-19/h4-6,8-10,13,16H,3,7,11-12,14-15H2,1-2H3,(H2,22,23,24). The van der Waals surface area contributed by atoms with Gasteiger partial charge in [-0.1, -0.05) is 18.2 Å². The van der Waals surface area contributed by atoms with Crippen LogP contribution in [-0.2, 0) is 6.42 Å². The van der Waals surface area contributed by atoms with E-state index in [0.29, 0.717) is 6.61 Å². The molecule has 1 aromatic heterocycles. The zero-order valence-corrected chi connectivity index (χ0v) is 15.2. The third-order valence-corrected chi connectivity index (χ3v) is 3.75. The first-order valence-corrected chi connectivity index (χ1v) is 8.89. The summed E-state index contributed by atoms with van der Waals surface area (Å²) in [6, 6.07) is 11.9. The molecule has 0 aliphatic carbocycles. The van der Waals surface area contributed by atoms with Crippen LogP contribution in [0.4, 0.5) is 0 Å². The van der Waals surface area contributed by atoms with E-state index in [9.17, 15) is 0 Å². The number of nitrogens with zero attached hydrogens (tertiary/aromatic N) is 2. The molecular formula is C20H28N4O. The van der Waals surface area contributed by atoms with Crippen LogP contribution in [-0.4, -0.2) is 37.2 Å². The summed E-state index contributed by atoms with van der Waals surface area (Å²) in [5, 5.41) is 6.66. The van der Waals surface area contributed by atoms with Crippen molar-refractivity contribution in [2.45, 2.75) is 26.7 Å². The average molecular weight is 340 g/mol. The SMILES string of the molecule is CCNC(=NCCCOc1ccccc1)NCCc1ccncc1C. The second-order valence-corrected chi connectivity index (χ2v) is 5.75. The lowest BCUT2D eigenvalue weighted by Gasteiger charge is -2.12. The van der Waals surface area contributed by atoms with Crippen molar-refractivity contribution in [3.05, 3.63) is 59.9 Å². The zero-order chi connectivity index (χ0) is 17.7. The number of benzene rings is 1. The molecule has 134 valence electrons. The van der Waals surface area contributed by atoms with Gasteiger partial charge in [-0.05, 0) is 49.6 Å². The molecule has 0 aliphatic heterocycles. The molecule has 1 aromatic carbocycles. The van der Waals surface area contributed by atoms with E-state index in [2.05, 4.69) is 40.5 Å². The predicted molar refractivity (Wildman–Crippen MR) is 103 cm³/mol. The van der Waals surface area contributed by atoms with Gasteiger partial charge in [0.15, 0.2) is 5.96 Å². The van der Waals surface area contributed by atoms with Crippen LogP contribution in [0.25, 0.3) is 0 Å². The summed E-state index contributed by atoms with van der Waals surface area (Å²) < 4.78 is 5.68. The molecule has 0 spiro atoms. The summed E-state index contributed by atoms with van der Waals surface area (Å²) >= 11 is 0. The van der Waals surface area contributed by atoms with Crippen molar-refractivity contribution in [1.29, 1.82) is 0 Å². The van der Waals surface area contributed by atoms with Gasteiger partial charge in [0.2, 0.25) is 0 Å². The fraction of sp³-hybridized carbons (Fsp3) is 0.400. The van der Waals surface area contributed by atoms with Crippen molar-refractivity contribution in [1.82, 2.24) is 15.6 Å². The van der Waals surface area contributed by atoms with Crippen molar-refractivity contribution in [2.75, 3.05) is 26.2 Å². The fourth-order valence-corrected chi connectivity index (χ4v) is 2.40. The molecular weight excluding hydrogens is 312 g/mol. The van der Waals surface area contributed by atoms with Crippen LogP contribution in [0.3, 0.4) is 0 Å². The number of guanidine groups is 1. The fourth-order valence-electron chi connectivity index (χ4n) is 2.40. The van der Waals surface area contributed by atoms with Crippen molar-refractivity contribution in [3.8, 4) is 5.75 Å². The van der Waals surface area contributed by atoms with Gasteiger partial charge >= 0.3 is 0 Å². The highest BCUT2D eigenvalue weighted by Gasteiger charge is 2.00. The van der Waals surface area contributed by atoms with Crippen molar-refractivity contribution in [3.63, 3.8) is 0 Å². The van der Waals surface area contributed by atoms with Crippen molar-refractivity contribution >= 4 is 5.96 Å². The van der Waals surface area contributed by atoms with Gasteiger partial charge in [0.05, 0.1) is 6.61 Å². The first-order chi connectivity index (χ1) is 12.3. The molecule has 5 nitrogen and oxygen atoms in total. The van der Waals surface area contributed by atoms with Gasteiger partial charge < -0.3 is 15.4 Å². The third kappa shape index (κ3) is 7.25. The summed E-state index contributed by atoms with van der Waals surface area (Å²) in [5.41, 5.74) is 2.54. The molecule has 0 saturated carbocycles. The Kier molecular flexibility index (Phi) is 8.32. The summed E-state index contributed by atoms with van der Waals surface area (Å²) in [6.45, 7) is 7.26. The molecule has 5 heteroatoms. The van der Waals surface area contributed by atoms with E-state index < -0.39 is 0 Å². The Balaban J connectivity index is 1.69. The Hall–Kier alpha value is -2.56. The van der Waals surface area contributed by atoms with E-state index >= 15 is 0 Å². The monoisotopic (exact) mass is 340 g/mol. The molecule has 25 heavy (non-hydrogen) atoms. The van der Waals surface area contributed by atoms with Crippen LogP contribution in [0.15, 0.2) is 53.8 Å². The number of ether oxygens (including phenoxy) is 1. The van der Waals surface area contributed by atoms with Crippen LogP contribution in [0.2, 0.25) is 0 Å². The van der Waals surface area contributed by atoms with Gasteiger partial charge in [-0.2, -0.15) is 0 Å². The minimum atomic E-state index is 0.670. The number of aliphatic imine (C=N–C) groups is 1. The van der Waals surface area contributed by atoms with Crippen LogP contribution in [0.5, 0.6) is 5.75 Å². The zero-order valence-electron chi connectivity index (χ0n) is 15.2. The maximum atomic E-state index is 5.68. The highest BCUT2D eigenvalue weighted by atomic mass is 16.5. The number of rotatable bonds is 9. The first kappa shape index (κ1) is 18.8. The number of aromatic nitrogens is 1. The van der Waals surface area contributed by atoms with Crippen LogP contribution < -0.4 is 15.4 Å². The Bertz CT molecular complexity index is 643. The topological polar surface area (TPSA) is 58.5 Å². The smallest absolute Gasteiger partial charge is 0.191 e. The molecule has 0 unspecified atom stereocenters. The lowest BCUT2D eigenvalue weighted by molar-refractivity contribution is 0.313. The lowest BCUT2D eigenvalue weighted by Crippen LogP contribution is -2.38.